The highest BCUT2D eigenvalue weighted by atomic mass is 32.2. The Hall–Kier alpha value is -1.56. The largest absolute Gasteiger partial charge is 0.342 e. The number of likely N-dealkylation sites (tertiary alicyclic amines) is 1. The van der Waals surface area contributed by atoms with Crippen molar-refractivity contribution < 1.29 is 13.2 Å². The van der Waals surface area contributed by atoms with E-state index in [1.807, 2.05) is 19.1 Å². The molecule has 2 rings (SSSR count). The van der Waals surface area contributed by atoms with E-state index in [-0.39, 0.29) is 11.7 Å². The van der Waals surface area contributed by atoms with E-state index < -0.39 is 15.9 Å². The Labute approximate surface area is 139 Å². The molecule has 0 radical (unpaired) electrons. The minimum atomic E-state index is -3.54. The number of amides is 1. The Morgan fingerprint density at radius 1 is 1.35 bits per heavy atom. The van der Waals surface area contributed by atoms with Crippen LogP contribution in [-0.4, -0.2) is 38.1 Å². The summed E-state index contributed by atoms with van der Waals surface area (Å²) in [4.78, 5) is 14.3. The number of hydrogen-bond acceptors (Lipinski definition) is 3. The normalized spacial score (nSPS) is 20.1. The quantitative estimate of drug-likeness (QED) is 0.897. The minimum absolute atomic E-state index is 0.0640. The number of benzene rings is 1. The Balaban J connectivity index is 1.96. The van der Waals surface area contributed by atoms with Gasteiger partial charge in [-0.2, -0.15) is 0 Å². The minimum Gasteiger partial charge on any atom is -0.342 e. The van der Waals surface area contributed by atoms with Crippen molar-refractivity contribution in [2.45, 2.75) is 33.6 Å². The zero-order valence-electron chi connectivity index (χ0n) is 14.1. The lowest BCUT2D eigenvalue weighted by Gasteiger charge is -2.32. The van der Waals surface area contributed by atoms with Gasteiger partial charge in [0, 0.05) is 18.8 Å². The fourth-order valence-electron chi connectivity index (χ4n) is 2.94. The van der Waals surface area contributed by atoms with E-state index in [9.17, 15) is 13.2 Å². The molecule has 1 heterocycles. The number of aryl methyl sites for hydroxylation is 1. The molecular formula is C17H26N2O3S. The predicted molar refractivity (Wildman–Crippen MR) is 92.7 cm³/mol. The molecule has 1 fully saturated rings. The smallest absolute Gasteiger partial charge is 0.233 e. The Bertz CT molecular complexity index is 640. The maximum Gasteiger partial charge on any atom is 0.233 e. The molecule has 128 valence electrons. The maximum absolute atomic E-state index is 12.5. The standard InChI is InChI=1S/C17H26N2O3S/c1-13-6-8-16(9-7-13)18-23(21,22)12-15(3)17(20)19-10-4-5-14(2)11-19/h6-9,14-15,18H,4-5,10-12H2,1-3H3. The first kappa shape index (κ1) is 17.8. The van der Waals surface area contributed by atoms with E-state index >= 15 is 0 Å². The second-order valence-corrected chi connectivity index (χ2v) is 8.45. The molecule has 2 atom stereocenters. The van der Waals surface area contributed by atoms with Crippen molar-refractivity contribution >= 4 is 21.6 Å². The summed E-state index contributed by atoms with van der Waals surface area (Å²) >= 11 is 0. The molecule has 1 aliphatic rings. The van der Waals surface area contributed by atoms with E-state index in [4.69, 9.17) is 0 Å². The number of piperidine rings is 1. The van der Waals surface area contributed by atoms with Crippen LogP contribution in [0.4, 0.5) is 5.69 Å². The SMILES string of the molecule is Cc1ccc(NS(=O)(=O)CC(C)C(=O)N2CCCC(C)C2)cc1. The van der Waals surface area contributed by atoms with Crippen LogP contribution in [0, 0.1) is 18.8 Å². The number of anilines is 1. The topological polar surface area (TPSA) is 66.5 Å². The van der Waals surface area contributed by atoms with Crippen LogP contribution in [0.15, 0.2) is 24.3 Å². The van der Waals surface area contributed by atoms with Gasteiger partial charge in [0.1, 0.15) is 0 Å². The van der Waals surface area contributed by atoms with Gasteiger partial charge in [0.05, 0.1) is 11.7 Å². The average Bonchev–Trinajstić information content (AvgIpc) is 2.48. The summed E-state index contributed by atoms with van der Waals surface area (Å²) in [5.74, 6) is -0.304. The van der Waals surface area contributed by atoms with Crippen LogP contribution in [0.1, 0.15) is 32.3 Å². The van der Waals surface area contributed by atoms with Crippen molar-refractivity contribution in [1.82, 2.24) is 4.90 Å². The van der Waals surface area contributed by atoms with Crippen LogP contribution in [0.25, 0.3) is 0 Å². The van der Waals surface area contributed by atoms with Gasteiger partial charge in [-0.25, -0.2) is 8.42 Å². The fraction of sp³-hybridized carbons (Fsp3) is 0.588. The molecule has 0 bridgehead atoms. The number of hydrogen-bond donors (Lipinski definition) is 1. The molecule has 1 saturated heterocycles. The van der Waals surface area contributed by atoms with Gasteiger partial charge in [0.15, 0.2) is 0 Å². The second-order valence-electron chi connectivity index (χ2n) is 6.68. The first-order valence-electron chi connectivity index (χ1n) is 8.13. The van der Waals surface area contributed by atoms with E-state index in [0.29, 0.717) is 11.6 Å². The third-order valence-electron chi connectivity index (χ3n) is 4.18. The first-order chi connectivity index (χ1) is 10.8. The third-order valence-corrected chi connectivity index (χ3v) is 5.67. The number of carbonyl (C=O) groups excluding carboxylic acids is 1. The zero-order valence-corrected chi connectivity index (χ0v) is 14.9. The molecule has 5 nitrogen and oxygen atoms in total. The van der Waals surface area contributed by atoms with Gasteiger partial charge in [-0.3, -0.25) is 9.52 Å². The Kier molecular flexibility index (Phi) is 5.68. The van der Waals surface area contributed by atoms with E-state index in [1.165, 1.54) is 0 Å². The lowest BCUT2D eigenvalue weighted by molar-refractivity contribution is -0.136. The summed E-state index contributed by atoms with van der Waals surface area (Å²) in [5.41, 5.74) is 1.59. The van der Waals surface area contributed by atoms with Crippen LogP contribution < -0.4 is 4.72 Å². The van der Waals surface area contributed by atoms with Gasteiger partial charge >= 0.3 is 0 Å². The van der Waals surface area contributed by atoms with E-state index in [1.54, 1.807) is 24.0 Å². The molecule has 23 heavy (non-hydrogen) atoms. The van der Waals surface area contributed by atoms with Gasteiger partial charge in [0.25, 0.3) is 0 Å². The predicted octanol–water partition coefficient (Wildman–Crippen LogP) is 2.63. The summed E-state index contributed by atoms with van der Waals surface area (Å²) in [6.07, 6.45) is 2.12. The van der Waals surface area contributed by atoms with Crippen molar-refractivity contribution in [2.24, 2.45) is 11.8 Å². The molecule has 0 saturated carbocycles. The molecule has 6 heteroatoms. The van der Waals surface area contributed by atoms with Gasteiger partial charge in [0.2, 0.25) is 15.9 Å². The number of nitrogens with zero attached hydrogens (tertiary/aromatic N) is 1. The monoisotopic (exact) mass is 338 g/mol. The lowest BCUT2D eigenvalue weighted by atomic mass is 9.99. The highest BCUT2D eigenvalue weighted by Gasteiger charge is 2.28. The maximum atomic E-state index is 12.5. The van der Waals surface area contributed by atoms with Crippen LogP contribution in [0.2, 0.25) is 0 Å². The van der Waals surface area contributed by atoms with Crippen molar-refractivity contribution in [3.8, 4) is 0 Å². The lowest BCUT2D eigenvalue weighted by Crippen LogP contribution is -2.43. The van der Waals surface area contributed by atoms with Gasteiger partial charge < -0.3 is 4.90 Å². The fourth-order valence-corrected chi connectivity index (χ4v) is 4.32. The molecule has 2 unspecified atom stereocenters. The molecule has 0 spiro atoms. The van der Waals surface area contributed by atoms with Crippen LogP contribution in [0.5, 0.6) is 0 Å². The number of sulfonamides is 1. The molecule has 1 N–H and O–H groups in total. The van der Waals surface area contributed by atoms with Crippen molar-refractivity contribution in [2.75, 3.05) is 23.6 Å². The van der Waals surface area contributed by atoms with Gasteiger partial charge in [-0.15, -0.1) is 0 Å². The number of nitrogens with one attached hydrogen (secondary N) is 1. The molecule has 0 aromatic heterocycles. The van der Waals surface area contributed by atoms with Crippen molar-refractivity contribution in [3.05, 3.63) is 29.8 Å². The number of rotatable bonds is 5. The summed E-state index contributed by atoms with van der Waals surface area (Å²) in [6, 6.07) is 7.15. The Morgan fingerprint density at radius 3 is 2.61 bits per heavy atom. The van der Waals surface area contributed by atoms with Gasteiger partial charge in [-0.05, 0) is 37.8 Å². The molecular weight excluding hydrogens is 312 g/mol. The van der Waals surface area contributed by atoms with E-state index in [0.717, 1.165) is 31.5 Å². The first-order valence-corrected chi connectivity index (χ1v) is 9.78. The summed E-state index contributed by atoms with van der Waals surface area (Å²) in [5, 5.41) is 0. The van der Waals surface area contributed by atoms with Crippen LogP contribution in [-0.2, 0) is 14.8 Å². The van der Waals surface area contributed by atoms with Crippen LogP contribution in [0.3, 0.4) is 0 Å². The van der Waals surface area contributed by atoms with Crippen molar-refractivity contribution in [3.63, 3.8) is 0 Å². The molecule has 1 amide bonds. The third kappa shape index (κ3) is 5.23. The van der Waals surface area contributed by atoms with Crippen molar-refractivity contribution in [1.29, 1.82) is 0 Å². The molecule has 1 aromatic carbocycles. The average molecular weight is 338 g/mol. The molecule has 1 aromatic rings. The summed E-state index contributed by atoms with van der Waals surface area (Å²) < 4.78 is 27.1. The molecule has 0 aliphatic carbocycles. The highest BCUT2D eigenvalue weighted by Crippen LogP contribution is 2.19. The Morgan fingerprint density at radius 2 is 2.00 bits per heavy atom. The van der Waals surface area contributed by atoms with E-state index in [2.05, 4.69) is 11.6 Å². The zero-order chi connectivity index (χ0) is 17.0. The van der Waals surface area contributed by atoms with Crippen LogP contribution >= 0.6 is 0 Å². The highest BCUT2D eigenvalue weighted by molar-refractivity contribution is 7.92. The summed E-state index contributed by atoms with van der Waals surface area (Å²) in [7, 11) is -3.54. The van der Waals surface area contributed by atoms with Gasteiger partial charge in [-0.1, -0.05) is 31.5 Å². The summed E-state index contributed by atoms with van der Waals surface area (Å²) in [6.45, 7) is 7.22. The number of carbonyl (C=O) groups is 1. The second kappa shape index (κ2) is 7.34. The molecule has 1 aliphatic heterocycles.